The summed E-state index contributed by atoms with van der Waals surface area (Å²) in [4.78, 5) is 23.1. The Labute approximate surface area is 196 Å². The highest BCUT2D eigenvalue weighted by Crippen LogP contribution is 2.24. The van der Waals surface area contributed by atoms with Crippen molar-refractivity contribution in [1.29, 1.82) is 0 Å². The molecule has 0 radical (unpaired) electrons. The van der Waals surface area contributed by atoms with Crippen LogP contribution < -0.4 is 9.47 Å². The summed E-state index contributed by atoms with van der Waals surface area (Å²) in [6, 6.07) is 22.7. The second-order valence-electron chi connectivity index (χ2n) is 7.45. The topological polar surface area (TPSA) is 83.6 Å². The maximum atomic E-state index is 12.7. The van der Waals surface area contributed by atoms with Crippen LogP contribution in [0.15, 0.2) is 97.3 Å². The molecule has 0 atom stereocenters. The number of ketones is 1. The number of rotatable bonds is 9. The Kier molecular flexibility index (Phi) is 6.84. The van der Waals surface area contributed by atoms with Crippen molar-refractivity contribution in [2.45, 2.75) is 6.61 Å². The van der Waals surface area contributed by atoms with Crippen molar-refractivity contribution in [3.63, 3.8) is 0 Å². The first-order chi connectivity index (χ1) is 16.5. The lowest BCUT2D eigenvalue weighted by Crippen LogP contribution is -2.00. The molecule has 170 valence electrons. The largest absolute Gasteiger partial charge is 0.496 e. The van der Waals surface area contributed by atoms with Gasteiger partial charge in [-0.1, -0.05) is 24.3 Å². The number of benzene rings is 3. The first kappa shape index (κ1) is 22.5. The van der Waals surface area contributed by atoms with E-state index < -0.39 is 4.92 Å². The van der Waals surface area contributed by atoms with Gasteiger partial charge in [0.15, 0.2) is 5.78 Å². The van der Waals surface area contributed by atoms with E-state index >= 15 is 0 Å². The molecule has 3 aromatic carbocycles. The summed E-state index contributed by atoms with van der Waals surface area (Å²) in [5, 5.41) is 10.8. The van der Waals surface area contributed by atoms with Crippen molar-refractivity contribution < 1.29 is 19.2 Å². The third-order valence-corrected chi connectivity index (χ3v) is 5.21. The fourth-order valence-corrected chi connectivity index (χ4v) is 3.43. The van der Waals surface area contributed by atoms with Gasteiger partial charge in [-0.3, -0.25) is 14.9 Å². The average Bonchev–Trinajstić information content (AvgIpc) is 3.41. The number of carbonyl (C=O) groups is 1. The Bertz CT molecular complexity index is 1330. The highest BCUT2D eigenvalue weighted by Gasteiger charge is 2.08. The van der Waals surface area contributed by atoms with E-state index in [-0.39, 0.29) is 18.1 Å². The van der Waals surface area contributed by atoms with Gasteiger partial charge in [-0.2, -0.15) is 0 Å². The predicted molar refractivity (Wildman–Crippen MR) is 130 cm³/mol. The lowest BCUT2D eigenvalue weighted by Gasteiger charge is -2.11. The summed E-state index contributed by atoms with van der Waals surface area (Å²) in [5.41, 5.74) is 3.11. The Morgan fingerprint density at radius 1 is 1.00 bits per heavy atom. The van der Waals surface area contributed by atoms with Crippen LogP contribution in [0.5, 0.6) is 11.5 Å². The van der Waals surface area contributed by atoms with Gasteiger partial charge < -0.3 is 14.0 Å². The van der Waals surface area contributed by atoms with Crippen LogP contribution in [-0.2, 0) is 6.61 Å². The lowest BCUT2D eigenvalue weighted by atomic mass is 10.1. The lowest BCUT2D eigenvalue weighted by molar-refractivity contribution is -0.384. The molecule has 0 aliphatic rings. The molecule has 0 N–H and O–H groups in total. The molecule has 0 aliphatic carbocycles. The van der Waals surface area contributed by atoms with Crippen LogP contribution in [0.25, 0.3) is 11.8 Å². The minimum absolute atomic E-state index is 0.000582. The molecule has 0 saturated heterocycles. The summed E-state index contributed by atoms with van der Waals surface area (Å²) in [5.74, 6) is 1.05. The summed E-state index contributed by atoms with van der Waals surface area (Å²) in [7, 11) is 1.57. The van der Waals surface area contributed by atoms with E-state index in [2.05, 4.69) is 0 Å². The normalized spacial score (nSPS) is 10.9. The Balaban J connectivity index is 1.47. The van der Waals surface area contributed by atoms with E-state index in [1.807, 2.05) is 65.5 Å². The second-order valence-corrected chi connectivity index (χ2v) is 7.45. The van der Waals surface area contributed by atoms with Crippen LogP contribution in [0.3, 0.4) is 0 Å². The van der Waals surface area contributed by atoms with Crippen LogP contribution in [0.2, 0.25) is 0 Å². The van der Waals surface area contributed by atoms with Gasteiger partial charge in [0.05, 0.1) is 12.0 Å². The zero-order valence-electron chi connectivity index (χ0n) is 18.5. The van der Waals surface area contributed by atoms with Gasteiger partial charge in [-0.25, -0.2) is 0 Å². The maximum Gasteiger partial charge on any atom is 0.269 e. The number of hydrogen-bond donors (Lipinski definition) is 0. The monoisotopic (exact) mass is 454 g/mol. The molecule has 4 aromatic rings. The first-order valence-corrected chi connectivity index (χ1v) is 10.5. The molecule has 34 heavy (non-hydrogen) atoms. The number of ether oxygens (including phenoxy) is 2. The fraction of sp³-hybridized carbons (Fsp3) is 0.0741. The molecule has 0 fully saturated rings. The molecule has 0 amide bonds. The minimum Gasteiger partial charge on any atom is -0.496 e. The number of non-ortho nitro benzene ring substituents is 1. The number of hydrogen-bond acceptors (Lipinski definition) is 5. The van der Waals surface area contributed by atoms with Crippen LogP contribution in [0, 0.1) is 10.1 Å². The minimum atomic E-state index is -0.458. The predicted octanol–water partition coefficient (Wildman–Crippen LogP) is 5.87. The third-order valence-electron chi connectivity index (χ3n) is 5.21. The van der Waals surface area contributed by atoms with Crippen molar-refractivity contribution in [3.05, 3.63) is 124 Å². The van der Waals surface area contributed by atoms with Gasteiger partial charge in [0.1, 0.15) is 18.1 Å². The van der Waals surface area contributed by atoms with E-state index in [0.29, 0.717) is 17.1 Å². The fourth-order valence-electron chi connectivity index (χ4n) is 3.43. The highest BCUT2D eigenvalue weighted by molar-refractivity contribution is 6.07. The number of methoxy groups -OCH3 is 1. The molecule has 0 unspecified atom stereocenters. The number of nitrogens with zero attached hydrogens (tertiary/aromatic N) is 2. The number of nitro groups is 1. The molecule has 1 heterocycles. The van der Waals surface area contributed by atoms with E-state index in [1.54, 1.807) is 31.4 Å². The number of allylic oxidation sites excluding steroid dienone is 1. The van der Waals surface area contributed by atoms with Crippen LogP contribution >= 0.6 is 0 Å². The standard InChI is InChI=1S/C27H22N2O5/c1-33-27-14-8-20(17-22(27)19-34-25-11-9-23(10-12-25)29(31)32)7-13-26(30)21-5-4-6-24(18-21)28-15-2-3-16-28/h2-18H,19H2,1H3/b13-7+. The molecular formula is C27H22N2O5. The Morgan fingerprint density at radius 2 is 1.76 bits per heavy atom. The molecule has 0 spiro atoms. The summed E-state index contributed by atoms with van der Waals surface area (Å²) in [6.07, 6.45) is 7.14. The molecule has 7 heteroatoms. The summed E-state index contributed by atoms with van der Waals surface area (Å²) in [6.45, 7) is 0.204. The van der Waals surface area contributed by atoms with Gasteiger partial charge in [-0.05, 0) is 60.2 Å². The zero-order valence-corrected chi connectivity index (χ0v) is 18.5. The van der Waals surface area contributed by atoms with Gasteiger partial charge in [0.25, 0.3) is 5.69 Å². The van der Waals surface area contributed by atoms with Crippen LogP contribution in [0.1, 0.15) is 21.5 Å². The maximum absolute atomic E-state index is 12.7. The van der Waals surface area contributed by atoms with Gasteiger partial charge >= 0.3 is 0 Å². The molecular weight excluding hydrogens is 432 g/mol. The van der Waals surface area contributed by atoms with Crippen LogP contribution in [0.4, 0.5) is 5.69 Å². The second kappa shape index (κ2) is 10.3. The molecule has 4 rings (SSSR count). The van der Waals surface area contributed by atoms with E-state index in [1.165, 1.54) is 18.2 Å². The zero-order chi connectivity index (χ0) is 23.9. The Hall–Kier alpha value is -4.65. The first-order valence-electron chi connectivity index (χ1n) is 10.5. The molecule has 0 aliphatic heterocycles. The van der Waals surface area contributed by atoms with E-state index in [9.17, 15) is 14.9 Å². The van der Waals surface area contributed by atoms with Crippen LogP contribution in [-0.4, -0.2) is 22.4 Å². The number of carbonyl (C=O) groups excluding carboxylic acids is 1. The smallest absolute Gasteiger partial charge is 0.269 e. The van der Waals surface area contributed by atoms with Crippen molar-refractivity contribution in [2.24, 2.45) is 0 Å². The van der Waals surface area contributed by atoms with Crippen molar-refractivity contribution >= 4 is 17.5 Å². The SMILES string of the molecule is COc1ccc(/C=C/C(=O)c2cccc(-n3cccc3)c2)cc1COc1ccc([N+](=O)[O-])cc1. The van der Waals surface area contributed by atoms with Gasteiger partial charge in [0, 0.05) is 41.3 Å². The molecule has 0 saturated carbocycles. The van der Waals surface area contributed by atoms with Crippen molar-refractivity contribution in [3.8, 4) is 17.2 Å². The molecule has 7 nitrogen and oxygen atoms in total. The Morgan fingerprint density at radius 3 is 2.47 bits per heavy atom. The average molecular weight is 454 g/mol. The van der Waals surface area contributed by atoms with Gasteiger partial charge in [-0.15, -0.1) is 0 Å². The molecule has 0 bridgehead atoms. The quantitative estimate of drug-likeness (QED) is 0.137. The molecule has 1 aromatic heterocycles. The highest BCUT2D eigenvalue weighted by atomic mass is 16.6. The summed E-state index contributed by atoms with van der Waals surface area (Å²) >= 11 is 0. The number of nitro benzene ring substituents is 1. The number of aromatic nitrogens is 1. The van der Waals surface area contributed by atoms with E-state index in [4.69, 9.17) is 9.47 Å². The summed E-state index contributed by atoms with van der Waals surface area (Å²) < 4.78 is 13.1. The van der Waals surface area contributed by atoms with Crippen molar-refractivity contribution in [1.82, 2.24) is 4.57 Å². The van der Waals surface area contributed by atoms with E-state index in [0.717, 1.165) is 16.8 Å². The van der Waals surface area contributed by atoms with Gasteiger partial charge in [0.2, 0.25) is 0 Å². The van der Waals surface area contributed by atoms with Crippen molar-refractivity contribution in [2.75, 3.05) is 7.11 Å². The third kappa shape index (κ3) is 5.39.